The number of anilines is 1. The van der Waals surface area contributed by atoms with Crippen molar-refractivity contribution in [2.45, 2.75) is 82.6 Å². The van der Waals surface area contributed by atoms with Gasteiger partial charge in [0, 0.05) is 31.6 Å². The summed E-state index contributed by atoms with van der Waals surface area (Å²) in [7, 11) is 0. The highest BCUT2D eigenvalue weighted by atomic mass is 32.1. The molecule has 3 aliphatic rings. The number of hydrogen-bond donors (Lipinski definition) is 2. The smallest absolute Gasteiger partial charge is 0.321 e. The molecule has 1 aliphatic heterocycles. The summed E-state index contributed by atoms with van der Waals surface area (Å²) < 4.78 is 0. The third kappa shape index (κ3) is 5.41. The Morgan fingerprint density at radius 2 is 1.67 bits per heavy atom. The lowest BCUT2D eigenvalue weighted by Crippen LogP contribution is -2.46. The molecule has 0 spiro atoms. The Kier molecular flexibility index (Phi) is 6.60. The number of nitrogens with one attached hydrogen (secondary N) is 2. The Morgan fingerprint density at radius 1 is 0.963 bits per heavy atom. The molecule has 150 valence electrons. The highest BCUT2D eigenvalue weighted by Gasteiger charge is 2.25. The molecule has 0 radical (unpaired) electrons. The number of likely N-dealkylation sites (tertiary alicyclic amines) is 1. The first-order valence-corrected chi connectivity index (χ1v) is 11.7. The van der Waals surface area contributed by atoms with E-state index in [1.807, 2.05) is 0 Å². The number of urea groups is 1. The molecule has 1 saturated heterocycles. The van der Waals surface area contributed by atoms with Gasteiger partial charge in [-0.15, -0.1) is 10.2 Å². The van der Waals surface area contributed by atoms with Crippen LogP contribution >= 0.6 is 11.3 Å². The van der Waals surface area contributed by atoms with Crippen LogP contribution in [0.5, 0.6) is 0 Å². The Bertz CT molecular complexity index is 601. The van der Waals surface area contributed by atoms with E-state index in [0.29, 0.717) is 11.0 Å². The monoisotopic (exact) mass is 391 g/mol. The number of carbonyl (C=O) groups is 1. The van der Waals surface area contributed by atoms with E-state index in [0.717, 1.165) is 36.9 Å². The maximum atomic E-state index is 12.3. The summed E-state index contributed by atoms with van der Waals surface area (Å²) >= 11 is 1.55. The molecular weight excluding hydrogens is 358 g/mol. The van der Waals surface area contributed by atoms with Crippen molar-refractivity contribution in [3.8, 4) is 0 Å². The van der Waals surface area contributed by atoms with E-state index in [-0.39, 0.29) is 12.1 Å². The van der Waals surface area contributed by atoms with Gasteiger partial charge in [-0.25, -0.2) is 4.79 Å². The van der Waals surface area contributed by atoms with Crippen LogP contribution in [0.3, 0.4) is 0 Å². The van der Waals surface area contributed by atoms with E-state index in [1.54, 1.807) is 11.3 Å². The van der Waals surface area contributed by atoms with Gasteiger partial charge in [-0.1, -0.05) is 43.4 Å². The minimum Gasteiger partial charge on any atom is -0.335 e. The lowest BCUT2D eigenvalue weighted by atomic mass is 9.90. The molecule has 1 aromatic rings. The van der Waals surface area contributed by atoms with Crippen molar-refractivity contribution in [3.63, 3.8) is 0 Å². The topological polar surface area (TPSA) is 70.1 Å². The van der Waals surface area contributed by atoms with Gasteiger partial charge in [0.05, 0.1) is 0 Å². The molecule has 2 amide bonds. The summed E-state index contributed by atoms with van der Waals surface area (Å²) in [5.41, 5.74) is 0. The highest BCUT2D eigenvalue weighted by Crippen LogP contribution is 2.35. The molecule has 0 atom stereocenters. The van der Waals surface area contributed by atoms with Crippen LogP contribution in [0.4, 0.5) is 9.93 Å². The quantitative estimate of drug-likeness (QED) is 0.782. The maximum absolute atomic E-state index is 12.3. The van der Waals surface area contributed by atoms with E-state index in [2.05, 4.69) is 25.7 Å². The van der Waals surface area contributed by atoms with Gasteiger partial charge >= 0.3 is 6.03 Å². The standard InChI is InChI=1S/C20H33N5OS/c26-19(22-20-24-23-18(27-20)16-8-2-1-3-9-16)21-17-10-12-25(13-11-17)14-15-6-4-5-7-15/h15-17H,1-14H2,(H2,21,22,24,26). The normalized spacial score (nSPS) is 23.6. The number of hydrogen-bond acceptors (Lipinski definition) is 5. The molecule has 2 N–H and O–H groups in total. The molecule has 2 heterocycles. The van der Waals surface area contributed by atoms with Crippen molar-refractivity contribution in [2.75, 3.05) is 25.0 Å². The molecule has 0 aromatic carbocycles. The zero-order valence-corrected chi connectivity index (χ0v) is 17.1. The Hall–Kier alpha value is -1.21. The summed E-state index contributed by atoms with van der Waals surface area (Å²) in [6.07, 6.45) is 14.1. The van der Waals surface area contributed by atoms with E-state index in [1.165, 1.54) is 64.3 Å². The van der Waals surface area contributed by atoms with Crippen LogP contribution in [0, 0.1) is 5.92 Å². The van der Waals surface area contributed by atoms with E-state index < -0.39 is 0 Å². The summed E-state index contributed by atoms with van der Waals surface area (Å²) in [5.74, 6) is 1.45. The molecule has 1 aromatic heterocycles. The average molecular weight is 392 g/mol. The molecular formula is C20H33N5OS. The summed E-state index contributed by atoms with van der Waals surface area (Å²) in [4.78, 5) is 14.9. The van der Waals surface area contributed by atoms with Gasteiger partial charge in [0.25, 0.3) is 0 Å². The number of amides is 2. The van der Waals surface area contributed by atoms with Gasteiger partial charge in [0.1, 0.15) is 5.01 Å². The van der Waals surface area contributed by atoms with Crippen LogP contribution in [0.2, 0.25) is 0 Å². The van der Waals surface area contributed by atoms with Crippen molar-refractivity contribution in [3.05, 3.63) is 5.01 Å². The zero-order chi connectivity index (χ0) is 18.5. The van der Waals surface area contributed by atoms with Crippen molar-refractivity contribution in [2.24, 2.45) is 5.92 Å². The lowest BCUT2D eigenvalue weighted by molar-refractivity contribution is 0.173. The number of piperidine rings is 1. The van der Waals surface area contributed by atoms with E-state index >= 15 is 0 Å². The Labute approximate surface area is 166 Å². The van der Waals surface area contributed by atoms with Crippen LogP contribution in [0.25, 0.3) is 0 Å². The predicted octanol–water partition coefficient (Wildman–Crippen LogP) is 4.36. The first kappa shape index (κ1) is 19.1. The number of aromatic nitrogens is 2. The molecule has 7 heteroatoms. The van der Waals surface area contributed by atoms with Crippen LogP contribution in [-0.4, -0.2) is 46.8 Å². The first-order chi connectivity index (χ1) is 13.3. The third-order valence-corrected chi connectivity index (χ3v) is 7.53. The highest BCUT2D eigenvalue weighted by molar-refractivity contribution is 7.15. The molecule has 2 aliphatic carbocycles. The number of nitrogens with zero attached hydrogens (tertiary/aromatic N) is 3. The first-order valence-electron chi connectivity index (χ1n) is 10.9. The molecule has 0 unspecified atom stereocenters. The Morgan fingerprint density at radius 3 is 2.41 bits per heavy atom. The fourth-order valence-corrected chi connectivity index (χ4v) is 5.84. The van der Waals surface area contributed by atoms with Crippen molar-refractivity contribution in [1.82, 2.24) is 20.4 Å². The van der Waals surface area contributed by atoms with Gasteiger partial charge in [-0.3, -0.25) is 5.32 Å². The number of rotatable bonds is 5. The predicted molar refractivity (Wildman–Crippen MR) is 109 cm³/mol. The fourth-order valence-electron chi connectivity index (χ4n) is 4.94. The molecule has 27 heavy (non-hydrogen) atoms. The second-order valence-electron chi connectivity index (χ2n) is 8.60. The van der Waals surface area contributed by atoms with Crippen LogP contribution in [0.1, 0.15) is 81.6 Å². The largest absolute Gasteiger partial charge is 0.335 e. The van der Waals surface area contributed by atoms with Crippen LogP contribution < -0.4 is 10.6 Å². The van der Waals surface area contributed by atoms with Gasteiger partial charge in [-0.05, 0) is 44.4 Å². The minimum absolute atomic E-state index is 0.129. The lowest BCUT2D eigenvalue weighted by Gasteiger charge is -2.33. The van der Waals surface area contributed by atoms with Crippen molar-refractivity contribution < 1.29 is 4.79 Å². The SMILES string of the molecule is O=C(Nc1nnc(C2CCCCC2)s1)NC1CCN(CC2CCCC2)CC1. The minimum atomic E-state index is -0.129. The third-order valence-electron chi connectivity index (χ3n) is 6.53. The van der Waals surface area contributed by atoms with Crippen LogP contribution in [0.15, 0.2) is 0 Å². The van der Waals surface area contributed by atoms with E-state index in [9.17, 15) is 4.79 Å². The second-order valence-corrected chi connectivity index (χ2v) is 9.61. The van der Waals surface area contributed by atoms with Gasteiger partial charge in [0.2, 0.25) is 5.13 Å². The van der Waals surface area contributed by atoms with Crippen molar-refractivity contribution >= 4 is 22.5 Å². The van der Waals surface area contributed by atoms with Gasteiger partial charge < -0.3 is 10.2 Å². The molecule has 3 fully saturated rings. The molecule has 6 nitrogen and oxygen atoms in total. The molecule has 0 bridgehead atoms. The fraction of sp³-hybridized carbons (Fsp3) is 0.850. The molecule has 2 saturated carbocycles. The van der Waals surface area contributed by atoms with Gasteiger partial charge in [0.15, 0.2) is 0 Å². The summed E-state index contributed by atoms with van der Waals surface area (Å²) in [6.45, 7) is 3.46. The maximum Gasteiger partial charge on any atom is 0.321 e. The summed E-state index contributed by atoms with van der Waals surface area (Å²) in [5, 5.41) is 16.3. The molecule has 4 rings (SSSR count). The zero-order valence-electron chi connectivity index (χ0n) is 16.3. The summed E-state index contributed by atoms with van der Waals surface area (Å²) in [6, 6.07) is 0.145. The Balaban J connectivity index is 1.18. The van der Waals surface area contributed by atoms with E-state index in [4.69, 9.17) is 0 Å². The second kappa shape index (κ2) is 9.32. The van der Waals surface area contributed by atoms with Crippen LogP contribution in [-0.2, 0) is 0 Å². The van der Waals surface area contributed by atoms with Crippen molar-refractivity contribution in [1.29, 1.82) is 0 Å². The average Bonchev–Trinajstić information content (AvgIpc) is 3.36. The van der Waals surface area contributed by atoms with Gasteiger partial charge in [-0.2, -0.15) is 0 Å². The number of carbonyl (C=O) groups excluding carboxylic acids is 1.